The predicted octanol–water partition coefficient (Wildman–Crippen LogP) is 22.8. The van der Waals surface area contributed by atoms with Gasteiger partial charge in [-0.2, -0.15) is 0 Å². The summed E-state index contributed by atoms with van der Waals surface area (Å²) in [6.45, 7) is 6.67. The van der Waals surface area contributed by atoms with Gasteiger partial charge >= 0.3 is 17.9 Å². The highest BCUT2D eigenvalue weighted by atomic mass is 16.6. The number of carbonyl (C=O) groups is 3. The number of ether oxygens (including phenoxy) is 3. The normalized spacial score (nSPS) is 12.2. The summed E-state index contributed by atoms with van der Waals surface area (Å²) in [5.41, 5.74) is 0. The first-order valence-corrected chi connectivity index (χ1v) is 33.5. The van der Waals surface area contributed by atoms with Crippen molar-refractivity contribution in [2.24, 2.45) is 0 Å². The van der Waals surface area contributed by atoms with Crippen LogP contribution >= 0.6 is 0 Å². The highest BCUT2D eigenvalue weighted by Gasteiger charge is 2.19. The predicted molar refractivity (Wildman–Crippen MR) is 326 cm³/mol. The van der Waals surface area contributed by atoms with Gasteiger partial charge in [-0.3, -0.25) is 14.4 Å². The Bertz CT molecular complexity index is 1250. The minimum absolute atomic E-state index is 0.0701. The van der Waals surface area contributed by atoms with E-state index in [1.54, 1.807) is 0 Å². The van der Waals surface area contributed by atoms with Crippen LogP contribution in [-0.4, -0.2) is 37.2 Å². The van der Waals surface area contributed by atoms with Crippen molar-refractivity contribution < 1.29 is 28.6 Å². The molecule has 0 bridgehead atoms. The summed E-state index contributed by atoms with van der Waals surface area (Å²) in [5.74, 6) is -0.856. The summed E-state index contributed by atoms with van der Waals surface area (Å²) in [7, 11) is 0. The molecule has 0 N–H and O–H groups in total. The summed E-state index contributed by atoms with van der Waals surface area (Å²) in [6.07, 6.45) is 78.9. The van der Waals surface area contributed by atoms with E-state index >= 15 is 0 Å². The molecule has 6 nitrogen and oxygen atoms in total. The lowest BCUT2D eigenvalue weighted by atomic mass is 10.0. The Hall–Kier alpha value is -2.37. The molecule has 1 unspecified atom stereocenters. The molecule has 1 atom stereocenters. The van der Waals surface area contributed by atoms with Gasteiger partial charge in [0.05, 0.1) is 0 Å². The first kappa shape index (κ1) is 72.6. The molecule has 0 fully saturated rings. The quantitative estimate of drug-likeness (QED) is 0.0261. The van der Waals surface area contributed by atoms with Crippen molar-refractivity contribution >= 4 is 17.9 Å². The molecule has 75 heavy (non-hydrogen) atoms. The third kappa shape index (κ3) is 62.4. The van der Waals surface area contributed by atoms with Crippen molar-refractivity contribution in [3.8, 4) is 0 Å². The zero-order valence-electron chi connectivity index (χ0n) is 50.6. The number of esters is 3. The fourth-order valence-electron chi connectivity index (χ4n) is 10.1. The minimum Gasteiger partial charge on any atom is -0.462 e. The Balaban J connectivity index is 4.16. The van der Waals surface area contributed by atoms with Crippen LogP contribution in [0.5, 0.6) is 0 Å². The Morgan fingerprint density at radius 1 is 0.267 bits per heavy atom. The first-order valence-electron chi connectivity index (χ1n) is 33.5. The molecule has 0 aromatic rings. The van der Waals surface area contributed by atoms with Gasteiger partial charge in [-0.05, 0) is 57.8 Å². The third-order valence-corrected chi connectivity index (χ3v) is 15.1. The SMILES string of the molecule is CCCCCCC/C=C\C/C=C\C/C=C\CCCCCCCCCCC(=O)OC(COC(=O)CCCCCCCCCCC)COC(=O)CCCCCCCCCCCCCCCCCCCCCCCCCCC. The Morgan fingerprint density at radius 3 is 0.747 bits per heavy atom. The zero-order valence-corrected chi connectivity index (χ0v) is 50.6. The largest absolute Gasteiger partial charge is 0.462 e. The van der Waals surface area contributed by atoms with Crippen LogP contribution in [0.1, 0.15) is 367 Å². The average molecular weight is 1050 g/mol. The second-order valence-corrected chi connectivity index (χ2v) is 22.7. The molecular weight excluding hydrogens is 925 g/mol. The maximum atomic E-state index is 12.9. The second-order valence-electron chi connectivity index (χ2n) is 22.7. The van der Waals surface area contributed by atoms with E-state index in [0.717, 1.165) is 77.0 Å². The molecule has 6 heteroatoms. The topological polar surface area (TPSA) is 78.9 Å². The second kappa shape index (κ2) is 64.2. The third-order valence-electron chi connectivity index (χ3n) is 15.1. The van der Waals surface area contributed by atoms with E-state index in [4.69, 9.17) is 14.2 Å². The van der Waals surface area contributed by atoms with Crippen LogP contribution in [0.2, 0.25) is 0 Å². The van der Waals surface area contributed by atoms with Crippen LogP contribution in [0.15, 0.2) is 36.5 Å². The van der Waals surface area contributed by atoms with E-state index in [1.165, 1.54) is 250 Å². The maximum Gasteiger partial charge on any atom is 0.306 e. The molecule has 0 aliphatic heterocycles. The van der Waals surface area contributed by atoms with Gasteiger partial charge in [0.1, 0.15) is 13.2 Å². The van der Waals surface area contributed by atoms with Crippen molar-refractivity contribution in [2.45, 2.75) is 374 Å². The molecule has 0 rings (SSSR count). The number of hydrogen-bond donors (Lipinski definition) is 0. The van der Waals surface area contributed by atoms with Gasteiger partial charge in [0, 0.05) is 19.3 Å². The summed E-state index contributed by atoms with van der Waals surface area (Å²) in [6, 6.07) is 0. The molecule has 0 radical (unpaired) electrons. The molecule has 0 aromatic heterocycles. The van der Waals surface area contributed by atoms with E-state index in [0.29, 0.717) is 19.3 Å². The number of rotatable bonds is 62. The van der Waals surface area contributed by atoms with Crippen molar-refractivity contribution in [1.82, 2.24) is 0 Å². The van der Waals surface area contributed by atoms with Crippen molar-refractivity contribution in [2.75, 3.05) is 13.2 Å². The summed E-state index contributed by atoms with van der Waals surface area (Å²) in [5, 5.41) is 0. The molecule has 0 aliphatic carbocycles. The number of carbonyl (C=O) groups excluding carboxylic acids is 3. The van der Waals surface area contributed by atoms with Crippen molar-refractivity contribution in [1.29, 1.82) is 0 Å². The molecule has 0 spiro atoms. The summed E-state index contributed by atoms with van der Waals surface area (Å²) in [4.78, 5) is 38.2. The lowest BCUT2D eigenvalue weighted by molar-refractivity contribution is -0.167. The lowest BCUT2D eigenvalue weighted by Crippen LogP contribution is -2.30. The lowest BCUT2D eigenvalue weighted by Gasteiger charge is -2.18. The van der Waals surface area contributed by atoms with Crippen LogP contribution in [0, 0.1) is 0 Å². The average Bonchev–Trinajstić information content (AvgIpc) is 3.41. The number of unbranched alkanes of at least 4 members (excludes halogenated alkanes) is 45. The van der Waals surface area contributed by atoms with Gasteiger partial charge in [0.2, 0.25) is 0 Å². The standard InChI is InChI=1S/C69H128O6/c1-4-7-10-13-16-19-21-23-25-27-29-31-33-34-36-37-39-41-43-45-47-50-53-56-59-62-68(71)74-65-66(64-73-67(70)61-58-55-52-49-18-15-12-9-6-3)75-69(72)63-60-57-54-51-48-46-44-42-40-38-35-32-30-28-26-24-22-20-17-14-11-8-5-2/h22,24,28,30,35,38,66H,4-21,23,25-27,29,31-34,36-37,39-65H2,1-3H3/b24-22-,30-28-,38-35-. The van der Waals surface area contributed by atoms with Gasteiger partial charge < -0.3 is 14.2 Å². The fourth-order valence-corrected chi connectivity index (χ4v) is 10.1. The van der Waals surface area contributed by atoms with E-state index in [9.17, 15) is 14.4 Å². The Labute approximate surface area is 467 Å². The Kier molecular flexibility index (Phi) is 62.1. The number of allylic oxidation sites excluding steroid dienone is 6. The summed E-state index contributed by atoms with van der Waals surface area (Å²) >= 11 is 0. The number of hydrogen-bond acceptors (Lipinski definition) is 6. The van der Waals surface area contributed by atoms with Crippen molar-refractivity contribution in [3.63, 3.8) is 0 Å². The molecule has 0 aromatic carbocycles. The smallest absolute Gasteiger partial charge is 0.306 e. The van der Waals surface area contributed by atoms with Gasteiger partial charge in [0.25, 0.3) is 0 Å². The van der Waals surface area contributed by atoms with Gasteiger partial charge in [-0.25, -0.2) is 0 Å². The molecule has 0 heterocycles. The van der Waals surface area contributed by atoms with E-state index in [-0.39, 0.29) is 31.1 Å². The molecule has 0 aliphatic rings. The van der Waals surface area contributed by atoms with Gasteiger partial charge in [-0.1, -0.05) is 327 Å². The fraction of sp³-hybridized carbons (Fsp3) is 0.870. The van der Waals surface area contributed by atoms with Crippen LogP contribution in [0.25, 0.3) is 0 Å². The monoisotopic (exact) mass is 1050 g/mol. The first-order chi connectivity index (χ1) is 37.0. The summed E-state index contributed by atoms with van der Waals surface area (Å²) < 4.78 is 16.9. The van der Waals surface area contributed by atoms with Gasteiger partial charge in [0.15, 0.2) is 6.10 Å². The minimum atomic E-state index is -0.772. The van der Waals surface area contributed by atoms with Crippen LogP contribution < -0.4 is 0 Å². The van der Waals surface area contributed by atoms with Crippen LogP contribution in [-0.2, 0) is 28.6 Å². The Morgan fingerprint density at radius 2 is 0.480 bits per heavy atom. The maximum absolute atomic E-state index is 12.9. The van der Waals surface area contributed by atoms with Crippen LogP contribution in [0.3, 0.4) is 0 Å². The molecule has 440 valence electrons. The highest BCUT2D eigenvalue weighted by Crippen LogP contribution is 2.18. The molecule has 0 saturated heterocycles. The molecule has 0 saturated carbocycles. The van der Waals surface area contributed by atoms with E-state index in [2.05, 4.69) is 57.2 Å². The highest BCUT2D eigenvalue weighted by molar-refractivity contribution is 5.71. The molecule has 0 amide bonds. The van der Waals surface area contributed by atoms with E-state index in [1.807, 2.05) is 0 Å². The molecular formula is C69H128O6. The van der Waals surface area contributed by atoms with Crippen molar-refractivity contribution in [3.05, 3.63) is 36.5 Å². The zero-order chi connectivity index (χ0) is 54.3. The van der Waals surface area contributed by atoms with E-state index < -0.39 is 6.10 Å². The van der Waals surface area contributed by atoms with Gasteiger partial charge in [-0.15, -0.1) is 0 Å². The van der Waals surface area contributed by atoms with Crippen LogP contribution in [0.4, 0.5) is 0 Å².